The van der Waals surface area contributed by atoms with E-state index in [0.717, 1.165) is 0 Å². The number of primary amides is 1. The molecule has 1 atom stereocenters. The Labute approximate surface area is 104 Å². The second kappa shape index (κ2) is 6.10. The number of nitrogens with two attached hydrogens (primary N) is 1. The van der Waals surface area contributed by atoms with Crippen LogP contribution in [0.15, 0.2) is 24.3 Å². The molecule has 0 aliphatic carbocycles. The van der Waals surface area contributed by atoms with Crippen LogP contribution in [0.2, 0.25) is 5.02 Å². The molecule has 0 aliphatic rings. The molecule has 0 saturated carbocycles. The van der Waals surface area contributed by atoms with Crippen molar-refractivity contribution in [3.8, 4) is 5.75 Å². The van der Waals surface area contributed by atoms with E-state index in [1.54, 1.807) is 31.2 Å². The number of hydrogen-bond donors (Lipinski definition) is 2. The highest BCUT2D eigenvalue weighted by Crippen LogP contribution is 2.18. The maximum Gasteiger partial charge on any atom is 0.261 e. The fourth-order valence-electron chi connectivity index (χ4n) is 1.12. The van der Waals surface area contributed by atoms with Crippen LogP contribution in [-0.4, -0.2) is 24.5 Å². The normalized spacial score (nSPS) is 11.6. The summed E-state index contributed by atoms with van der Waals surface area (Å²) in [7, 11) is 0. The number of ether oxygens (including phenoxy) is 1. The van der Waals surface area contributed by atoms with Gasteiger partial charge in [-0.2, -0.15) is 0 Å². The van der Waals surface area contributed by atoms with Gasteiger partial charge in [-0.3, -0.25) is 9.59 Å². The lowest BCUT2D eigenvalue weighted by molar-refractivity contribution is -0.129. The van der Waals surface area contributed by atoms with Crippen molar-refractivity contribution in [2.45, 2.75) is 13.0 Å². The van der Waals surface area contributed by atoms with E-state index >= 15 is 0 Å². The van der Waals surface area contributed by atoms with Crippen LogP contribution in [0.4, 0.5) is 0 Å². The molecule has 3 N–H and O–H groups in total. The predicted molar refractivity (Wildman–Crippen MR) is 63.7 cm³/mol. The van der Waals surface area contributed by atoms with Crippen LogP contribution >= 0.6 is 11.6 Å². The monoisotopic (exact) mass is 256 g/mol. The Morgan fingerprint density at radius 1 is 1.53 bits per heavy atom. The Balaban J connectivity index is 2.51. The first-order chi connectivity index (χ1) is 7.99. The SMILES string of the molecule is CC(Oc1cccc(Cl)c1)C(=O)NCC(N)=O. The Morgan fingerprint density at radius 3 is 2.82 bits per heavy atom. The minimum Gasteiger partial charge on any atom is -0.481 e. The third-order valence-electron chi connectivity index (χ3n) is 1.92. The summed E-state index contributed by atoms with van der Waals surface area (Å²) in [6, 6.07) is 6.70. The minimum absolute atomic E-state index is 0.206. The summed E-state index contributed by atoms with van der Waals surface area (Å²) in [5.74, 6) is -0.531. The van der Waals surface area contributed by atoms with E-state index in [0.29, 0.717) is 10.8 Å². The maximum atomic E-state index is 11.5. The summed E-state index contributed by atoms with van der Waals surface area (Å²) in [5.41, 5.74) is 4.90. The molecule has 17 heavy (non-hydrogen) atoms. The zero-order valence-electron chi connectivity index (χ0n) is 9.27. The average molecular weight is 257 g/mol. The molecule has 92 valence electrons. The number of halogens is 1. The summed E-state index contributed by atoms with van der Waals surface area (Å²) < 4.78 is 5.34. The molecule has 0 aliphatic heterocycles. The number of amides is 2. The molecule has 6 heteroatoms. The Morgan fingerprint density at radius 2 is 2.24 bits per heavy atom. The van der Waals surface area contributed by atoms with Crippen molar-refractivity contribution in [3.05, 3.63) is 29.3 Å². The van der Waals surface area contributed by atoms with Gasteiger partial charge in [0.1, 0.15) is 5.75 Å². The Kier molecular flexibility index (Phi) is 4.78. The number of carbonyl (C=O) groups is 2. The van der Waals surface area contributed by atoms with Crippen LogP contribution in [0.25, 0.3) is 0 Å². The van der Waals surface area contributed by atoms with Crippen LogP contribution in [0.3, 0.4) is 0 Å². The molecule has 1 aromatic rings. The molecule has 5 nitrogen and oxygen atoms in total. The van der Waals surface area contributed by atoms with Crippen LogP contribution in [0.5, 0.6) is 5.75 Å². The third kappa shape index (κ3) is 4.74. The van der Waals surface area contributed by atoms with Gasteiger partial charge >= 0.3 is 0 Å². The van der Waals surface area contributed by atoms with Crippen molar-refractivity contribution in [2.75, 3.05) is 6.54 Å². The number of nitrogens with one attached hydrogen (secondary N) is 1. The summed E-state index contributed by atoms with van der Waals surface area (Å²) in [5, 5.41) is 2.87. The van der Waals surface area contributed by atoms with E-state index in [9.17, 15) is 9.59 Å². The van der Waals surface area contributed by atoms with Gasteiger partial charge in [0, 0.05) is 5.02 Å². The van der Waals surface area contributed by atoms with Crippen molar-refractivity contribution < 1.29 is 14.3 Å². The van der Waals surface area contributed by atoms with Gasteiger partial charge in [0.2, 0.25) is 5.91 Å². The average Bonchev–Trinajstić information content (AvgIpc) is 2.25. The van der Waals surface area contributed by atoms with Gasteiger partial charge in [-0.05, 0) is 25.1 Å². The van der Waals surface area contributed by atoms with E-state index in [1.165, 1.54) is 0 Å². The lowest BCUT2D eigenvalue weighted by atomic mass is 10.3. The zero-order chi connectivity index (χ0) is 12.8. The second-order valence-corrected chi connectivity index (χ2v) is 3.84. The molecule has 2 amide bonds. The molecule has 0 heterocycles. The van der Waals surface area contributed by atoms with Crippen molar-refractivity contribution in [2.24, 2.45) is 5.73 Å². The number of rotatable bonds is 5. The van der Waals surface area contributed by atoms with Gasteiger partial charge in [0.05, 0.1) is 6.54 Å². The van der Waals surface area contributed by atoms with Gasteiger partial charge in [-0.1, -0.05) is 17.7 Å². The molecular weight excluding hydrogens is 244 g/mol. The van der Waals surface area contributed by atoms with Crippen LogP contribution in [0, 0.1) is 0 Å². The molecule has 0 fully saturated rings. The second-order valence-electron chi connectivity index (χ2n) is 3.40. The van der Waals surface area contributed by atoms with Crippen molar-refractivity contribution >= 4 is 23.4 Å². The van der Waals surface area contributed by atoms with Gasteiger partial charge in [0.15, 0.2) is 6.10 Å². The van der Waals surface area contributed by atoms with E-state index in [-0.39, 0.29) is 6.54 Å². The zero-order valence-corrected chi connectivity index (χ0v) is 10.0. The molecule has 1 aromatic carbocycles. The molecule has 1 unspecified atom stereocenters. The molecule has 0 radical (unpaired) electrons. The number of hydrogen-bond acceptors (Lipinski definition) is 3. The molecule has 0 bridgehead atoms. The summed E-state index contributed by atoms with van der Waals surface area (Å²) in [4.78, 5) is 21.9. The maximum absolute atomic E-state index is 11.5. The highest BCUT2D eigenvalue weighted by molar-refractivity contribution is 6.30. The first-order valence-electron chi connectivity index (χ1n) is 4.97. The number of benzene rings is 1. The van der Waals surface area contributed by atoms with Gasteiger partial charge in [0.25, 0.3) is 5.91 Å². The largest absolute Gasteiger partial charge is 0.481 e. The quantitative estimate of drug-likeness (QED) is 0.814. The Hall–Kier alpha value is -1.75. The molecular formula is C11H13ClN2O3. The van der Waals surface area contributed by atoms with Crippen LogP contribution < -0.4 is 15.8 Å². The first-order valence-corrected chi connectivity index (χ1v) is 5.35. The standard InChI is InChI=1S/C11H13ClN2O3/c1-7(11(16)14-6-10(13)15)17-9-4-2-3-8(12)5-9/h2-5,7H,6H2,1H3,(H2,13,15)(H,14,16). The van der Waals surface area contributed by atoms with Gasteiger partial charge < -0.3 is 15.8 Å². The topological polar surface area (TPSA) is 81.4 Å². The van der Waals surface area contributed by atoms with Crippen molar-refractivity contribution in [3.63, 3.8) is 0 Å². The van der Waals surface area contributed by atoms with Crippen LogP contribution in [-0.2, 0) is 9.59 Å². The minimum atomic E-state index is -0.729. The third-order valence-corrected chi connectivity index (χ3v) is 2.15. The first kappa shape index (κ1) is 13.3. The molecule has 0 spiro atoms. The summed E-state index contributed by atoms with van der Waals surface area (Å²) in [6.45, 7) is 1.36. The van der Waals surface area contributed by atoms with Gasteiger partial charge in [-0.15, -0.1) is 0 Å². The van der Waals surface area contributed by atoms with E-state index < -0.39 is 17.9 Å². The van der Waals surface area contributed by atoms with E-state index in [4.69, 9.17) is 22.1 Å². The van der Waals surface area contributed by atoms with E-state index in [2.05, 4.69) is 5.32 Å². The number of carbonyl (C=O) groups excluding carboxylic acids is 2. The van der Waals surface area contributed by atoms with Crippen LogP contribution in [0.1, 0.15) is 6.92 Å². The molecule has 1 rings (SSSR count). The van der Waals surface area contributed by atoms with Crippen molar-refractivity contribution in [1.82, 2.24) is 5.32 Å². The van der Waals surface area contributed by atoms with Gasteiger partial charge in [-0.25, -0.2) is 0 Å². The fraction of sp³-hybridized carbons (Fsp3) is 0.273. The van der Waals surface area contributed by atoms with E-state index in [1.807, 2.05) is 0 Å². The van der Waals surface area contributed by atoms with Crippen molar-refractivity contribution in [1.29, 1.82) is 0 Å². The highest BCUT2D eigenvalue weighted by atomic mass is 35.5. The summed E-state index contributed by atoms with van der Waals surface area (Å²) >= 11 is 5.77. The summed E-state index contributed by atoms with van der Waals surface area (Å²) in [6.07, 6.45) is -0.729. The highest BCUT2D eigenvalue weighted by Gasteiger charge is 2.14. The Bertz CT molecular complexity index is 423. The lowest BCUT2D eigenvalue weighted by Gasteiger charge is -2.14. The smallest absolute Gasteiger partial charge is 0.261 e. The predicted octanol–water partition coefficient (Wildman–Crippen LogP) is 0.709. The molecule has 0 saturated heterocycles. The fourth-order valence-corrected chi connectivity index (χ4v) is 1.30. The lowest BCUT2D eigenvalue weighted by Crippen LogP contribution is -2.40. The molecule has 0 aromatic heterocycles.